The van der Waals surface area contributed by atoms with Crippen molar-refractivity contribution in [2.45, 2.75) is 92.4 Å². The number of nitrogens with zero attached hydrogens (tertiary/aromatic N) is 4. The van der Waals surface area contributed by atoms with Gasteiger partial charge in [0.15, 0.2) is 0 Å². The molecule has 0 unspecified atom stereocenters. The summed E-state index contributed by atoms with van der Waals surface area (Å²) in [5, 5.41) is 7.47. The van der Waals surface area contributed by atoms with Gasteiger partial charge in [-0.25, -0.2) is 9.67 Å². The van der Waals surface area contributed by atoms with Crippen molar-refractivity contribution >= 4 is 21.8 Å². The molecule has 0 aliphatic carbocycles. The van der Waals surface area contributed by atoms with Crippen molar-refractivity contribution < 1.29 is 4.74 Å². The van der Waals surface area contributed by atoms with E-state index in [0.717, 1.165) is 58.3 Å². The molecule has 0 saturated heterocycles. The lowest BCUT2D eigenvalue weighted by Gasteiger charge is -2.25. The van der Waals surface area contributed by atoms with Crippen molar-refractivity contribution in [3.8, 4) is 34.1 Å². The first-order valence-electron chi connectivity index (χ1n) is 18.5. The quantitative estimate of drug-likeness (QED) is 0.145. The normalized spacial score (nSPS) is 12.1. The molecule has 0 spiro atoms. The SMILES string of the molecule is CCCC(C)(C)c1ccnc(-n2c3ccccc3c3ccc(Oc4cccc(-n5nc(C)c(-c6c(C(C)C)cccc6C(C)C)c5C)c4)cc32)c1. The molecule has 5 nitrogen and oxygen atoms in total. The third-order valence-electron chi connectivity index (χ3n) is 10.5. The molecule has 7 aromatic rings. The molecular weight excluding hydrogens is 625 g/mol. The number of benzene rings is 4. The summed E-state index contributed by atoms with van der Waals surface area (Å²) in [5.74, 6) is 3.26. The van der Waals surface area contributed by atoms with Gasteiger partial charge in [-0.1, -0.05) is 97.4 Å². The van der Waals surface area contributed by atoms with E-state index in [1.165, 1.54) is 38.6 Å². The fourth-order valence-electron chi connectivity index (χ4n) is 7.90. The first-order chi connectivity index (χ1) is 24.5. The first kappa shape index (κ1) is 34.3. The van der Waals surface area contributed by atoms with Crippen LogP contribution < -0.4 is 4.74 Å². The number of para-hydroxylation sites is 1. The zero-order chi connectivity index (χ0) is 36.0. The molecule has 0 amide bonds. The van der Waals surface area contributed by atoms with Gasteiger partial charge in [0, 0.05) is 40.4 Å². The van der Waals surface area contributed by atoms with E-state index in [4.69, 9.17) is 14.8 Å². The minimum Gasteiger partial charge on any atom is -0.457 e. The summed E-state index contributed by atoms with van der Waals surface area (Å²) in [6.07, 6.45) is 4.20. The van der Waals surface area contributed by atoms with Crippen LogP contribution in [0, 0.1) is 13.8 Å². The Labute approximate surface area is 302 Å². The summed E-state index contributed by atoms with van der Waals surface area (Å²) in [5.41, 5.74) is 12.0. The predicted octanol–water partition coefficient (Wildman–Crippen LogP) is 12.8. The molecule has 260 valence electrons. The Balaban J connectivity index is 1.28. The summed E-state index contributed by atoms with van der Waals surface area (Å²) in [6.45, 7) is 20.3. The van der Waals surface area contributed by atoms with Crippen LogP contribution >= 0.6 is 0 Å². The van der Waals surface area contributed by atoms with Crippen molar-refractivity contribution in [3.63, 3.8) is 0 Å². The van der Waals surface area contributed by atoms with Crippen LogP contribution in [0.4, 0.5) is 0 Å². The van der Waals surface area contributed by atoms with E-state index in [1.807, 2.05) is 18.3 Å². The number of rotatable bonds is 10. The summed E-state index contributed by atoms with van der Waals surface area (Å²) in [4.78, 5) is 4.90. The van der Waals surface area contributed by atoms with Crippen LogP contribution in [0.2, 0.25) is 0 Å². The maximum Gasteiger partial charge on any atom is 0.137 e. The maximum absolute atomic E-state index is 6.63. The number of fused-ring (bicyclic) bond motifs is 3. The van der Waals surface area contributed by atoms with Crippen LogP contribution in [0.15, 0.2) is 103 Å². The molecule has 0 saturated carbocycles. The molecule has 3 heterocycles. The second-order valence-electron chi connectivity index (χ2n) is 15.2. The molecule has 0 aliphatic rings. The molecular formula is C46H50N4O. The number of pyridine rings is 1. The molecule has 3 aromatic heterocycles. The highest BCUT2D eigenvalue weighted by atomic mass is 16.5. The second kappa shape index (κ2) is 13.5. The van der Waals surface area contributed by atoms with Crippen LogP contribution in [0.5, 0.6) is 11.5 Å². The third kappa shape index (κ3) is 6.24. The Morgan fingerprint density at radius 3 is 2.12 bits per heavy atom. The molecule has 51 heavy (non-hydrogen) atoms. The fraction of sp³-hybridized carbons (Fsp3) is 0.304. The van der Waals surface area contributed by atoms with Crippen molar-refractivity contribution in [2.75, 3.05) is 0 Å². The van der Waals surface area contributed by atoms with Gasteiger partial charge in [0.2, 0.25) is 0 Å². The van der Waals surface area contributed by atoms with Gasteiger partial charge in [-0.3, -0.25) is 4.57 Å². The lowest BCUT2D eigenvalue weighted by Crippen LogP contribution is -2.17. The molecule has 0 atom stereocenters. The molecule has 0 aliphatic heterocycles. The van der Waals surface area contributed by atoms with Crippen molar-refractivity contribution in [2.24, 2.45) is 0 Å². The zero-order valence-corrected chi connectivity index (χ0v) is 31.6. The largest absolute Gasteiger partial charge is 0.457 e. The monoisotopic (exact) mass is 674 g/mol. The highest BCUT2D eigenvalue weighted by Gasteiger charge is 2.24. The summed E-state index contributed by atoms with van der Waals surface area (Å²) in [7, 11) is 0. The molecule has 4 aromatic carbocycles. The van der Waals surface area contributed by atoms with Gasteiger partial charge < -0.3 is 4.74 Å². The average Bonchev–Trinajstić information content (AvgIpc) is 3.60. The Hall–Kier alpha value is -5.16. The second-order valence-corrected chi connectivity index (χ2v) is 15.2. The van der Waals surface area contributed by atoms with Gasteiger partial charge >= 0.3 is 0 Å². The van der Waals surface area contributed by atoms with Crippen LogP contribution in [-0.2, 0) is 5.41 Å². The smallest absolute Gasteiger partial charge is 0.137 e. The first-order valence-corrected chi connectivity index (χ1v) is 18.5. The third-order valence-corrected chi connectivity index (χ3v) is 10.5. The lowest BCUT2D eigenvalue weighted by atomic mass is 9.81. The number of ether oxygens (including phenoxy) is 1. The van der Waals surface area contributed by atoms with E-state index < -0.39 is 0 Å². The zero-order valence-electron chi connectivity index (χ0n) is 31.6. The highest BCUT2D eigenvalue weighted by molar-refractivity contribution is 6.09. The number of hydrogen-bond donors (Lipinski definition) is 0. The molecule has 0 N–H and O–H groups in total. The van der Waals surface area contributed by atoms with Crippen molar-refractivity contribution in [1.82, 2.24) is 19.3 Å². The molecule has 0 fully saturated rings. The van der Waals surface area contributed by atoms with Crippen LogP contribution in [0.25, 0.3) is 44.4 Å². The summed E-state index contributed by atoms with van der Waals surface area (Å²) < 4.78 is 11.0. The Morgan fingerprint density at radius 2 is 1.39 bits per heavy atom. The summed E-state index contributed by atoms with van der Waals surface area (Å²) in [6, 6.07) is 34.4. The molecule has 5 heteroatoms. The molecule has 0 bridgehead atoms. The molecule has 7 rings (SSSR count). The average molecular weight is 675 g/mol. The van der Waals surface area contributed by atoms with Crippen molar-refractivity contribution in [3.05, 3.63) is 131 Å². The maximum atomic E-state index is 6.63. The van der Waals surface area contributed by atoms with E-state index >= 15 is 0 Å². The molecule has 0 radical (unpaired) electrons. The van der Waals surface area contributed by atoms with Crippen molar-refractivity contribution in [1.29, 1.82) is 0 Å². The Kier molecular flexibility index (Phi) is 9.09. The van der Waals surface area contributed by atoms with Gasteiger partial charge in [-0.15, -0.1) is 0 Å². The lowest BCUT2D eigenvalue weighted by molar-refractivity contribution is 0.472. The number of hydrogen-bond acceptors (Lipinski definition) is 3. The number of aromatic nitrogens is 4. The van der Waals surface area contributed by atoms with E-state index in [1.54, 1.807) is 0 Å². The van der Waals surface area contributed by atoms with Gasteiger partial charge in [0.05, 0.1) is 22.4 Å². The van der Waals surface area contributed by atoms with Crippen LogP contribution in [-0.4, -0.2) is 19.3 Å². The van der Waals surface area contributed by atoms with E-state index in [0.29, 0.717) is 11.8 Å². The van der Waals surface area contributed by atoms with Gasteiger partial charge in [0.1, 0.15) is 17.3 Å². The van der Waals surface area contributed by atoms with Gasteiger partial charge in [0.25, 0.3) is 0 Å². The Morgan fingerprint density at radius 1 is 0.706 bits per heavy atom. The van der Waals surface area contributed by atoms with Crippen LogP contribution in [0.1, 0.15) is 101 Å². The number of aryl methyl sites for hydroxylation is 1. The standard InChI is InChI=1S/C46H50N4O/c1-10-24-46(8,9)33-23-25-47-43(26-33)49-41-20-12-11-17-39(41)40-22-21-36(28-42(40)49)51-35-16-13-15-34(27-35)50-32(7)44(31(6)48-50)45-37(29(2)3)18-14-19-38(45)30(4)5/h11-23,25-30H,10,24H2,1-9H3. The Bertz CT molecular complexity index is 2350. The fourth-order valence-corrected chi connectivity index (χ4v) is 7.90. The van der Waals surface area contributed by atoms with E-state index in [-0.39, 0.29) is 5.41 Å². The summed E-state index contributed by atoms with van der Waals surface area (Å²) >= 11 is 0. The highest BCUT2D eigenvalue weighted by Crippen LogP contribution is 2.41. The van der Waals surface area contributed by atoms with Crippen LogP contribution in [0.3, 0.4) is 0 Å². The predicted molar refractivity (Wildman–Crippen MR) is 213 cm³/mol. The van der Waals surface area contributed by atoms with E-state index in [2.05, 4.69) is 156 Å². The van der Waals surface area contributed by atoms with Gasteiger partial charge in [-0.05, 0) is 102 Å². The van der Waals surface area contributed by atoms with Gasteiger partial charge in [-0.2, -0.15) is 5.10 Å². The van der Waals surface area contributed by atoms with E-state index in [9.17, 15) is 0 Å². The topological polar surface area (TPSA) is 44.9 Å². The minimum atomic E-state index is 0.0608. The minimum absolute atomic E-state index is 0.0608.